The van der Waals surface area contributed by atoms with Crippen LogP contribution in [0.15, 0.2) is 18.3 Å². The van der Waals surface area contributed by atoms with Crippen molar-refractivity contribution in [3.63, 3.8) is 0 Å². The fraction of sp³-hybridized carbons (Fsp3) is 0.364. The lowest BCUT2D eigenvalue weighted by molar-refractivity contribution is 0.0381. The minimum absolute atomic E-state index is 0.117. The molecule has 0 amide bonds. The predicted molar refractivity (Wildman–Crippen MR) is 56.4 cm³/mol. The number of methoxy groups -OCH3 is 1. The molecule has 86 valence electrons. The van der Waals surface area contributed by atoms with Crippen molar-refractivity contribution in [3.05, 3.63) is 29.6 Å². The number of pyridine rings is 1. The molecule has 0 saturated heterocycles. The monoisotopic (exact) mass is 223 g/mol. The number of hydrogen-bond donors (Lipinski definition) is 0. The normalized spacial score (nSPS) is 9.88. The van der Waals surface area contributed by atoms with Gasteiger partial charge in [0.15, 0.2) is 5.78 Å². The van der Waals surface area contributed by atoms with Gasteiger partial charge in [-0.25, -0.2) is 9.78 Å². The van der Waals surface area contributed by atoms with Crippen molar-refractivity contribution in [2.24, 2.45) is 0 Å². The Morgan fingerprint density at radius 2 is 2.12 bits per heavy atom. The topological polar surface area (TPSA) is 65.5 Å². The zero-order chi connectivity index (χ0) is 12.0. The zero-order valence-corrected chi connectivity index (χ0v) is 9.23. The van der Waals surface area contributed by atoms with Crippen LogP contribution in [0.4, 0.5) is 0 Å². The first kappa shape index (κ1) is 12.3. The van der Waals surface area contributed by atoms with Crippen LogP contribution in [-0.4, -0.2) is 37.1 Å². The third-order valence-electron chi connectivity index (χ3n) is 1.90. The van der Waals surface area contributed by atoms with Crippen LogP contribution in [0.2, 0.25) is 0 Å². The molecule has 0 radical (unpaired) electrons. The smallest absolute Gasteiger partial charge is 0.357 e. The van der Waals surface area contributed by atoms with E-state index in [-0.39, 0.29) is 18.1 Å². The van der Waals surface area contributed by atoms with Crippen molar-refractivity contribution in [1.29, 1.82) is 0 Å². The Bertz CT molecular complexity index is 389. The third-order valence-corrected chi connectivity index (χ3v) is 1.90. The van der Waals surface area contributed by atoms with Crippen LogP contribution in [0.25, 0.3) is 0 Å². The van der Waals surface area contributed by atoms with E-state index >= 15 is 0 Å². The van der Waals surface area contributed by atoms with Gasteiger partial charge >= 0.3 is 5.97 Å². The average Bonchev–Trinajstić information content (AvgIpc) is 2.29. The second-order valence-electron chi connectivity index (χ2n) is 3.11. The molecule has 1 rings (SSSR count). The number of aromatic nitrogens is 1. The first-order valence-corrected chi connectivity index (χ1v) is 4.78. The number of hydrogen-bond acceptors (Lipinski definition) is 5. The zero-order valence-electron chi connectivity index (χ0n) is 9.23. The molecule has 0 atom stereocenters. The Morgan fingerprint density at radius 3 is 2.75 bits per heavy atom. The summed E-state index contributed by atoms with van der Waals surface area (Å²) in [5.74, 6) is -0.673. The Kier molecular flexibility index (Phi) is 4.60. The minimum atomic E-state index is -0.555. The van der Waals surface area contributed by atoms with Gasteiger partial charge in [-0.1, -0.05) is 0 Å². The average molecular weight is 223 g/mol. The van der Waals surface area contributed by atoms with Crippen molar-refractivity contribution in [2.75, 3.05) is 20.3 Å². The van der Waals surface area contributed by atoms with Gasteiger partial charge in [-0.2, -0.15) is 0 Å². The fourth-order valence-electron chi connectivity index (χ4n) is 1.05. The van der Waals surface area contributed by atoms with Gasteiger partial charge in [0, 0.05) is 18.9 Å². The van der Waals surface area contributed by atoms with E-state index in [1.165, 1.54) is 26.3 Å². The molecular formula is C11H13NO4. The maximum Gasteiger partial charge on any atom is 0.357 e. The number of carbonyl (C=O) groups excluding carboxylic acids is 2. The standard InChI is InChI=1S/C11H13NO4/c1-8(13)9-3-4-12-10(7-9)11(14)16-6-5-15-2/h3-4,7H,5-6H2,1-2H3. The summed E-state index contributed by atoms with van der Waals surface area (Å²) in [5, 5.41) is 0. The Balaban J connectivity index is 2.68. The van der Waals surface area contributed by atoms with Crippen LogP contribution in [0.3, 0.4) is 0 Å². The maximum absolute atomic E-state index is 11.4. The highest BCUT2D eigenvalue weighted by molar-refractivity contribution is 5.96. The minimum Gasteiger partial charge on any atom is -0.459 e. The summed E-state index contributed by atoms with van der Waals surface area (Å²) in [7, 11) is 1.52. The van der Waals surface area contributed by atoms with E-state index in [4.69, 9.17) is 9.47 Å². The highest BCUT2D eigenvalue weighted by atomic mass is 16.6. The molecule has 0 spiro atoms. The van der Waals surface area contributed by atoms with E-state index in [0.29, 0.717) is 12.2 Å². The van der Waals surface area contributed by atoms with Crippen molar-refractivity contribution in [2.45, 2.75) is 6.92 Å². The molecule has 0 bridgehead atoms. The molecule has 0 aliphatic rings. The fourth-order valence-corrected chi connectivity index (χ4v) is 1.05. The van der Waals surface area contributed by atoms with Gasteiger partial charge in [0.1, 0.15) is 12.3 Å². The van der Waals surface area contributed by atoms with E-state index in [9.17, 15) is 9.59 Å². The maximum atomic E-state index is 11.4. The quantitative estimate of drug-likeness (QED) is 0.424. The molecule has 5 nitrogen and oxygen atoms in total. The van der Waals surface area contributed by atoms with Gasteiger partial charge in [0.05, 0.1) is 6.61 Å². The lowest BCUT2D eigenvalue weighted by Gasteiger charge is -2.03. The molecule has 0 aliphatic carbocycles. The summed E-state index contributed by atoms with van der Waals surface area (Å²) in [6.45, 7) is 1.93. The van der Waals surface area contributed by atoms with Crippen LogP contribution >= 0.6 is 0 Å². The second-order valence-corrected chi connectivity index (χ2v) is 3.11. The third kappa shape index (κ3) is 3.43. The lowest BCUT2D eigenvalue weighted by Crippen LogP contribution is -2.12. The van der Waals surface area contributed by atoms with Crippen LogP contribution in [0, 0.1) is 0 Å². The molecule has 1 aromatic rings. The summed E-state index contributed by atoms with van der Waals surface area (Å²) < 4.78 is 9.60. The number of rotatable bonds is 5. The summed E-state index contributed by atoms with van der Waals surface area (Å²) in [4.78, 5) is 26.4. The number of nitrogens with zero attached hydrogens (tertiary/aromatic N) is 1. The van der Waals surface area contributed by atoms with Gasteiger partial charge in [-0.3, -0.25) is 4.79 Å². The molecule has 0 fully saturated rings. The molecule has 0 aromatic carbocycles. The first-order chi connectivity index (χ1) is 7.65. The number of ketones is 1. The highest BCUT2D eigenvalue weighted by Crippen LogP contribution is 2.04. The number of esters is 1. The lowest BCUT2D eigenvalue weighted by atomic mass is 10.2. The van der Waals surface area contributed by atoms with Crippen LogP contribution in [0.1, 0.15) is 27.8 Å². The molecule has 5 heteroatoms. The van der Waals surface area contributed by atoms with Crippen LogP contribution in [0.5, 0.6) is 0 Å². The van der Waals surface area contributed by atoms with Crippen molar-refractivity contribution < 1.29 is 19.1 Å². The largest absolute Gasteiger partial charge is 0.459 e. The number of carbonyl (C=O) groups is 2. The van der Waals surface area contributed by atoms with Gasteiger partial charge in [0.2, 0.25) is 0 Å². The van der Waals surface area contributed by atoms with Crippen LogP contribution < -0.4 is 0 Å². The van der Waals surface area contributed by atoms with Crippen LogP contribution in [-0.2, 0) is 9.47 Å². The van der Waals surface area contributed by atoms with E-state index < -0.39 is 5.97 Å². The van der Waals surface area contributed by atoms with Gasteiger partial charge in [-0.15, -0.1) is 0 Å². The number of ether oxygens (including phenoxy) is 2. The van der Waals surface area contributed by atoms with Crippen molar-refractivity contribution in [3.8, 4) is 0 Å². The molecule has 0 aliphatic heterocycles. The summed E-state index contributed by atoms with van der Waals surface area (Å²) in [6, 6.07) is 2.96. The SMILES string of the molecule is COCCOC(=O)c1cc(C(C)=O)ccn1. The first-order valence-electron chi connectivity index (χ1n) is 4.78. The van der Waals surface area contributed by atoms with E-state index in [0.717, 1.165) is 0 Å². The number of Topliss-reactive ketones (excluding diaryl/α,β-unsaturated/α-hetero) is 1. The van der Waals surface area contributed by atoms with Gasteiger partial charge in [0.25, 0.3) is 0 Å². The molecule has 16 heavy (non-hydrogen) atoms. The molecule has 0 saturated carbocycles. The van der Waals surface area contributed by atoms with Crippen molar-refractivity contribution in [1.82, 2.24) is 4.98 Å². The van der Waals surface area contributed by atoms with Gasteiger partial charge in [-0.05, 0) is 19.1 Å². The van der Waals surface area contributed by atoms with E-state index in [2.05, 4.69) is 4.98 Å². The molecule has 0 unspecified atom stereocenters. The molecule has 0 N–H and O–H groups in total. The molecule has 1 heterocycles. The van der Waals surface area contributed by atoms with E-state index in [1.807, 2.05) is 0 Å². The molecule has 1 aromatic heterocycles. The summed E-state index contributed by atoms with van der Waals surface area (Å²) in [5.41, 5.74) is 0.567. The van der Waals surface area contributed by atoms with E-state index in [1.54, 1.807) is 6.07 Å². The Labute approximate surface area is 93.4 Å². The predicted octanol–water partition coefficient (Wildman–Crippen LogP) is 1.09. The van der Waals surface area contributed by atoms with Gasteiger partial charge < -0.3 is 9.47 Å². The Morgan fingerprint density at radius 1 is 1.38 bits per heavy atom. The highest BCUT2D eigenvalue weighted by Gasteiger charge is 2.10. The second kappa shape index (κ2) is 5.97. The summed E-state index contributed by atoms with van der Waals surface area (Å²) >= 11 is 0. The van der Waals surface area contributed by atoms with Crippen molar-refractivity contribution >= 4 is 11.8 Å². The molecular weight excluding hydrogens is 210 g/mol. The summed E-state index contributed by atoms with van der Waals surface area (Å²) in [6.07, 6.45) is 1.41. The Hall–Kier alpha value is -1.75.